The van der Waals surface area contributed by atoms with Gasteiger partial charge in [0, 0.05) is 29.6 Å². The predicted molar refractivity (Wildman–Crippen MR) is 109 cm³/mol. The van der Waals surface area contributed by atoms with Gasteiger partial charge in [-0.15, -0.1) is 11.3 Å². The Hall–Kier alpha value is -2.70. The molecule has 0 fully saturated rings. The normalized spacial score (nSPS) is 10.4. The van der Waals surface area contributed by atoms with Crippen LogP contribution in [-0.4, -0.2) is 23.3 Å². The molecule has 5 nitrogen and oxygen atoms in total. The Balaban J connectivity index is 1.48. The summed E-state index contributed by atoms with van der Waals surface area (Å²) in [5.41, 5.74) is 3.03. The predicted octanol–water partition coefficient (Wildman–Crippen LogP) is 4.53. The van der Waals surface area contributed by atoms with Crippen molar-refractivity contribution in [2.45, 2.75) is 13.3 Å². The third-order valence-corrected chi connectivity index (χ3v) is 4.94. The fraction of sp³-hybridized carbons (Fsp3) is 0.150. The molecule has 0 aliphatic carbocycles. The third kappa shape index (κ3) is 5.15. The summed E-state index contributed by atoms with van der Waals surface area (Å²) in [7, 11) is 0. The maximum Gasteiger partial charge on any atom is 0.252 e. The molecule has 7 heteroatoms. The number of nitrogens with one attached hydrogen (secondary N) is 2. The van der Waals surface area contributed by atoms with E-state index >= 15 is 0 Å². The second-order valence-electron chi connectivity index (χ2n) is 5.86. The molecule has 0 spiro atoms. The molecule has 0 aliphatic heterocycles. The van der Waals surface area contributed by atoms with E-state index in [1.165, 1.54) is 0 Å². The Kier molecular flexibility index (Phi) is 6.21. The van der Waals surface area contributed by atoms with E-state index in [9.17, 15) is 9.59 Å². The fourth-order valence-electron chi connectivity index (χ4n) is 2.47. The summed E-state index contributed by atoms with van der Waals surface area (Å²) in [5, 5.41) is 8.92. The quantitative estimate of drug-likeness (QED) is 0.639. The van der Waals surface area contributed by atoms with E-state index in [4.69, 9.17) is 11.6 Å². The lowest BCUT2D eigenvalue weighted by atomic mass is 10.1. The van der Waals surface area contributed by atoms with E-state index in [1.807, 2.05) is 36.6 Å². The molecule has 0 atom stereocenters. The number of benzene rings is 2. The summed E-state index contributed by atoms with van der Waals surface area (Å²) >= 11 is 7.58. The largest absolute Gasteiger partial charge is 0.351 e. The number of hydrogen-bond acceptors (Lipinski definition) is 4. The Morgan fingerprint density at radius 1 is 1.11 bits per heavy atom. The zero-order valence-corrected chi connectivity index (χ0v) is 16.2. The number of aryl methyl sites for hydroxylation is 1. The van der Waals surface area contributed by atoms with Crippen LogP contribution in [-0.2, 0) is 4.79 Å². The molecular weight excluding hydrogens is 382 g/mol. The minimum atomic E-state index is -0.295. The van der Waals surface area contributed by atoms with Crippen molar-refractivity contribution in [2.75, 3.05) is 11.9 Å². The molecule has 2 amide bonds. The van der Waals surface area contributed by atoms with Crippen molar-refractivity contribution >= 4 is 40.4 Å². The summed E-state index contributed by atoms with van der Waals surface area (Å²) in [5.74, 6) is -0.469. The molecule has 0 saturated carbocycles. The number of aromatic nitrogens is 1. The van der Waals surface area contributed by atoms with Crippen LogP contribution in [0.4, 0.5) is 5.69 Å². The molecule has 0 bridgehead atoms. The zero-order chi connectivity index (χ0) is 19.2. The van der Waals surface area contributed by atoms with Gasteiger partial charge in [0.1, 0.15) is 0 Å². The number of rotatable bonds is 6. The number of anilines is 1. The lowest BCUT2D eigenvalue weighted by Gasteiger charge is -2.08. The molecule has 0 aliphatic rings. The van der Waals surface area contributed by atoms with E-state index < -0.39 is 0 Å². The van der Waals surface area contributed by atoms with Crippen molar-refractivity contribution in [3.8, 4) is 11.3 Å². The Morgan fingerprint density at radius 2 is 1.85 bits per heavy atom. The second kappa shape index (κ2) is 8.79. The van der Waals surface area contributed by atoms with Gasteiger partial charge < -0.3 is 10.6 Å². The van der Waals surface area contributed by atoms with Gasteiger partial charge >= 0.3 is 0 Å². The standard InChI is InChI=1S/C20H18ClN3O2S/c1-13-23-18(12-27-13)14-6-8-15(9-7-14)24-19(25)10-11-22-20(26)16-4-2-3-5-17(16)21/h2-9,12H,10-11H2,1H3,(H,22,26)(H,24,25). The number of carbonyl (C=O) groups is 2. The van der Waals surface area contributed by atoms with Crippen molar-refractivity contribution in [1.82, 2.24) is 10.3 Å². The van der Waals surface area contributed by atoms with Crippen LogP contribution in [0.1, 0.15) is 21.8 Å². The van der Waals surface area contributed by atoms with Crippen LogP contribution in [0.5, 0.6) is 0 Å². The average molecular weight is 400 g/mol. The van der Waals surface area contributed by atoms with Crippen LogP contribution in [0, 0.1) is 6.92 Å². The lowest BCUT2D eigenvalue weighted by molar-refractivity contribution is -0.116. The van der Waals surface area contributed by atoms with E-state index in [0.717, 1.165) is 16.3 Å². The molecule has 3 aromatic rings. The molecule has 27 heavy (non-hydrogen) atoms. The summed E-state index contributed by atoms with van der Waals surface area (Å²) in [6, 6.07) is 14.3. The highest BCUT2D eigenvalue weighted by atomic mass is 35.5. The lowest BCUT2D eigenvalue weighted by Crippen LogP contribution is -2.27. The number of nitrogens with zero attached hydrogens (tertiary/aromatic N) is 1. The molecule has 0 saturated heterocycles. The molecule has 138 valence electrons. The van der Waals surface area contributed by atoms with Crippen molar-refractivity contribution in [3.63, 3.8) is 0 Å². The highest BCUT2D eigenvalue weighted by Crippen LogP contribution is 2.23. The van der Waals surface area contributed by atoms with Crippen molar-refractivity contribution in [1.29, 1.82) is 0 Å². The number of halogens is 1. The summed E-state index contributed by atoms with van der Waals surface area (Å²) in [6.07, 6.45) is 0.170. The van der Waals surface area contributed by atoms with Gasteiger partial charge in [-0.25, -0.2) is 4.98 Å². The Labute approximate surface area is 166 Å². The maximum absolute atomic E-state index is 12.1. The van der Waals surface area contributed by atoms with Crippen molar-refractivity contribution < 1.29 is 9.59 Å². The molecule has 2 aromatic carbocycles. The van der Waals surface area contributed by atoms with Gasteiger partial charge in [-0.05, 0) is 31.2 Å². The Bertz CT molecular complexity index is 954. The number of thiazole rings is 1. The van der Waals surface area contributed by atoms with E-state index in [2.05, 4.69) is 15.6 Å². The molecule has 1 aromatic heterocycles. The van der Waals surface area contributed by atoms with E-state index in [1.54, 1.807) is 35.6 Å². The van der Waals surface area contributed by atoms with Gasteiger partial charge in [0.25, 0.3) is 5.91 Å². The first kappa shape index (κ1) is 19.1. The minimum Gasteiger partial charge on any atom is -0.351 e. The monoisotopic (exact) mass is 399 g/mol. The van der Waals surface area contributed by atoms with Gasteiger partial charge in [0.05, 0.1) is 21.3 Å². The van der Waals surface area contributed by atoms with Crippen molar-refractivity contribution in [3.05, 3.63) is 69.5 Å². The first-order chi connectivity index (χ1) is 13.0. The fourth-order valence-corrected chi connectivity index (χ4v) is 3.32. The molecule has 1 heterocycles. The van der Waals surface area contributed by atoms with Crippen LogP contribution in [0.2, 0.25) is 5.02 Å². The summed E-state index contributed by atoms with van der Waals surface area (Å²) in [4.78, 5) is 28.5. The van der Waals surface area contributed by atoms with Gasteiger partial charge in [0.15, 0.2) is 0 Å². The number of hydrogen-bond donors (Lipinski definition) is 2. The number of carbonyl (C=O) groups excluding carboxylic acids is 2. The first-order valence-electron chi connectivity index (χ1n) is 8.38. The average Bonchev–Trinajstić information content (AvgIpc) is 3.09. The highest BCUT2D eigenvalue weighted by molar-refractivity contribution is 7.09. The van der Waals surface area contributed by atoms with Crippen LogP contribution in [0.25, 0.3) is 11.3 Å². The van der Waals surface area contributed by atoms with Crippen molar-refractivity contribution in [2.24, 2.45) is 0 Å². The summed E-state index contributed by atoms with van der Waals surface area (Å²) < 4.78 is 0. The smallest absolute Gasteiger partial charge is 0.252 e. The van der Waals surface area contributed by atoms with Gasteiger partial charge in [-0.2, -0.15) is 0 Å². The second-order valence-corrected chi connectivity index (χ2v) is 7.33. The van der Waals surface area contributed by atoms with Crippen LogP contribution in [0.3, 0.4) is 0 Å². The van der Waals surface area contributed by atoms with Crippen LogP contribution < -0.4 is 10.6 Å². The van der Waals surface area contributed by atoms with Gasteiger partial charge in [-0.1, -0.05) is 35.9 Å². The Morgan fingerprint density at radius 3 is 2.52 bits per heavy atom. The van der Waals surface area contributed by atoms with Crippen LogP contribution >= 0.6 is 22.9 Å². The zero-order valence-electron chi connectivity index (χ0n) is 14.7. The minimum absolute atomic E-state index is 0.170. The third-order valence-electron chi connectivity index (χ3n) is 3.84. The topological polar surface area (TPSA) is 71.1 Å². The molecule has 3 rings (SSSR count). The summed E-state index contributed by atoms with van der Waals surface area (Å²) in [6.45, 7) is 2.19. The first-order valence-corrected chi connectivity index (χ1v) is 9.64. The van der Waals surface area contributed by atoms with Gasteiger partial charge in [-0.3, -0.25) is 9.59 Å². The number of amides is 2. The van der Waals surface area contributed by atoms with Crippen LogP contribution in [0.15, 0.2) is 53.9 Å². The van der Waals surface area contributed by atoms with E-state index in [0.29, 0.717) is 16.3 Å². The molecule has 0 unspecified atom stereocenters. The maximum atomic E-state index is 12.1. The SMILES string of the molecule is Cc1nc(-c2ccc(NC(=O)CCNC(=O)c3ccccc3Cl)cc2)cs1. The molecule has 2 N–H and O–H groups in total. The molecular formula is C20H18ClN3O2S. The highest BCUT2D eigenvalue weighted by Gasteiger charge is 2.10. The molecule has 0 radical (unpaired) electrons. The van der Waals surface area contributed by atoms with E-state index in [-0.39, 0.29) is 24.8 Å². The van der Waals surface area contributed by atoms with Gasteiger partial charge in [0.2, 0.25) is 5.91 Å².